The van der Waals surface area contributed by atoms with E-state index < -0.39 is 21.2 Å². The highest BCUT2D eigenvalue weighted by atomic mass is 32.2. The second-order valence-corrected chi connectivity index (χ2v) is 11.8. The number of nitriles is 1. The van der Waals surface area contributed by atoms with Crippen LogP contribution < -0.4 is 10.0 Å². The average molecular weight is 529 g/mol. The molecule has 1 aliphatic heterocycles. The molecule has 2 atom stereocenters. The van der Waals surface area contributed by atoms with E-state index in [0.29, 0.717) is 22.7 Å². The van der Waals surface area contributed by atoms with E-state index in [2.05, 4.69) is 26.1 Å². The summed E-state index contributed by atoms with van der Waals surface area (Å²) in [5, 5.41) is 12.5. The van der Waals surface area contributed by atoms with Gasteiger partial charge in [0.15, 0.2) is 5.13 Å². The van der Waals surface area contributed by atoms with Crippen molar-refractivity contribution in [1.82, 2.24) is 19.7 Å². The maximum atomic E-state index is 12.2. The number of nitrogens with one attached hydrogen (secondary N) is 3. The largest absolute Gasteiger partial charge is 0.351 e. The van der Waals surface area contributed by atoms with E-state index in [1.807, 2.05) is 42.5 Å². The van der Waals surface area contributed by atoms with Crippen molar-refractivity contribution in [2.24, 2.45) is 0 Å². The number of benzene rings is 3. The summed E-state index contributed by atoms with van der Waals surface area (Å²) >= 11 is 1.50. The number of fused-ring (bicyclic) bond motifs is 2. The van der Waals surface area contributed by atoms with E-state index in [1.165, 1.54) is 11.3 Å². The van der Waals surface area contributed by atoms with Gasteiger partial charge in [-0.2, -0.15) is 5.26 Å². The number of imidazole rings is 1. The molecule has 0 radical (unpaired) electrons. The summed E-state index contributed by atoms with van der Waals surface area (Å²) in [5.41, 5.74) is 4.62. The van der Waals surface area contributed by atoms with Crippen molar-refractivity contribution in [1.29, 1.82) is 5.26 Å². The molecule has 9 nitrogen and oxygen atoms in total. The van der Waals surface area contributed by atoms with Crippen LogP contribution in [0.5, 0.6) is 0 Å². The lowest BCUT2D eigenvalue weighted by atomic mass is 10.0. The van der Waals surface area contributed by atoms with Crippen LogP contribution in [0.25, 0.3) is 21.3 Å². The van der Waals surface area contributed by atoms with Gasteiger partial charge in [-0.05, 0) is 47.9 Å². The van der Waals surface area contributed by atoms with Crippen molar-refractivity contribution in [3.63, 3.8) is 0 Å². The van der Waals surface area contributed by atoms with Gasteiger partial charge in [0.1, 0.15) is 11.1 Å². The number of hydrogen-bond acceptors (Lipinski definition) is 8. The fourth-order valence-corrected chi connectivity index (χ4v) is 6.84. The predicted octanol–water partition coefficient (Wildman–Crippen LogP) is 4.33. The highest BCUT2D eigenvalue weighted by Gasteiger charge is 2.37. The Hall–Kier alpha value is -4.27. The SMILES string of the molecule is N#Cc1ccc2sc(N[C@@H](Cc3ccc(C4CC(=O)NS4(=O)=O)cc3)c3nc4ccccc4[nH]3)nc2c1. The van der Waals surface area contributed by atoms with E-state index >= 15 is 0 Å². The predicted molar refractivity (Wildman–Crippen MR) is 141 cm³/mol. The Balaban J connectivity index is 1.31. The van der Waals surface area contributed by atoms with Crippen LogP contribution in [-0.4, -0.2) is 29.3 Å². The Morgan fingerprint density at radius 3 is 2.62 bits per heavy atom. The summed E-state index contributed by atoms with van der Waals surface area (Å²) in [6.45, 7) is 0. The summed E-state index contributed by atoms with van der Waals surface area (Å²) in [6.07, 6.45) is 0.476. The molecule has 3 heterocycles. The van der Waals surface area contributed by atoms with Gasteiger partial charge in [0.05, 0.1) is 45.3 Å². The lowest BCUT2D eigenvalue weighted by Gasteiger charge is -2.17. The van der Waals surface area contributed by atoms with Gasteiger partial charge in [-0.1, -0.05) is 47.7 Å². The standard InChI is InChI=1S/C26H20N6O3S2/c27-14-16-7-10-22-20(12-16)30-26(36-22)31-21(25-28-18-3-1-2-4-19(18)29-25)11-15-5-8-17(9-6-15)23-13-24(33)32-37(23,34)35/h1-10,12,21,23H,11,13H2,(H,28,29)(H,30,31)(H,32,33)/t21-,23?/m0/s1. The van der Waals surface area contributed by atoms with E-state index in [1.54, 1.807) is 24.3 Å². The van der Waals surface area contributed by atoms with Gasteiger partial charge in [-0.3, -0.25) is 9.52 Å². The van der Waals surface area contributed by atoms with Crippen LogP contribution in [0.2, 0.25) is 0 Å². The minimum absolute atomic E-state index is 0.0734. The Labute approximate surface area is 216 Å². The number of H-pyrrole nitrogens is 1. The third kappa shape index (κ3) is 4.52. The maximum absolute atomic E-state index is 12.2. The first-order valence-electron chi connectivity index (χ1n) is 11.5. The van der Waals surface area contributed by atoms with E-state index in [-0.39, 0.29) is 12.5 Å². The van der Waals surface area contributed by atoms with Gasteiger partial charge in [-0.15, -0.1) is 0 Å². The third-order valence-electron chi connectivity index (χ3n) is 6.34. The number of carbonyl (C=O) groups excluding carboxylic acids is 1. The number of sulfonamides is 1. The number of aromatic nitrogens is 3. The Morgan fingerprint density at radius 1 is 1.08 bits per heavy atom. The summed E-state index contributed by atoms with van der Waals surface area (Å²) in [4.78, 5) is 24.5. The number of rotatable bonds is 6. The molecule has 0 bridgehead atoms. The lowest BCUT2D eigenvalue weighted by molar-refractivity contribution is -0.118. The zero-order chi connectivity index (χ0) is 25.6. The quantitative estimate of drug-likeness (QED) is 0.298. The molecule has 6 rings (SSSR count). The molecule has 0 spiro atoms. The van der Waals surface area contributed by atoms with Crippen LogP contribution in [0, 0.1) is 11.3 Å². The van der Waals surface area contributed by atoms with Gasteiger partial charge in [0.25, 0.3) is 0 Å². The summed E-state index contributed by atoms with van der Waals surface area (Å²) in [6, 6.07) is 22.4. The number of amides is 1. The minimum atomic E-state index is -3.70. The normalized spacial score (nSPS) is 17.5. The molecule has 184 valence electrons. The molecule has 5 aromatic rings. The lowest BCUT2D eigenvalue weighted by Crippen LogP contribution is -2.21. The van der Waals surface area contributed by atoms with Gasteiger partial charge in [0, 0.05) is 0 Å². The van der Waals surface area contributed by atoms with Crippen molar-refractivity contribution in [2.75, 3.05) is 5.32 Å². The van der Waals surface area contributed by atoms with Crippen LogP contribution >= 0.6 is 11.3 Å². The number of hydrogen-bond donors (Lipinski definition) is 3. The highest BCUT2D eigenvalue weighted by molar-refractivity contribution is 7.90. The number of para-hydroxylation sites is 2. The zero-order valence-electron chi connectivity index (χ0n) is 19.3. The van der Waals surface area contributed by atoms with E-state index in [9.17, 15) is 18.5 Å². The molecule has 2 aromatic heterocycles. The van der Waals surface area contributed by atoms with Gasteiger partial charge in [0.2, 0.25) is 15.9 Å². The molecule has 1 aliphatic rings. The van der Waals surface area contributed by atoms with Crippen LogP contribution in [0.3, 0.4) is 0 Å². The monoisotopic (exact) mass is 528 g/mol. The van der Waals surface area contributed by atoms with E-state index in [4.69, 9.17) is 4.98 Å². The second kappa shape index (κ2) is 8.99. The first kappa shape index (κ1) is 23.1. The van der Waals surface area contributed by atoms with Crippen LogP contribution in [0.15, 0.2) is 66.7 Å². The third-order valence-corrected chi connectivity index (χ3v) is 9.01. The molecule has 0 aliphatic carbocycles. The number of anilines is 1. The van der Waals surface area contributed by atoms with E-state index in [0.717, 1.165) is 32.6 Å². The molecule has 1 saturated heterocycles. The van der Waals surface area contributed by atoms with Gasteiger partial charge < -0.3 is 10.3 Å². The fourth-order valence-electron chi connectivity index (χ4n) is 4.51. The summed E-state index contributed by atoms with van der Waals surface area (Å²) in [5.74, 6) is 0.261. The van der Waals surface area contributed by atoms with Crippen molar-refractivity contribution >= 4 is 53.6 Å². The van der Waals surface area contributed by atoms with Gasteiger partial charge in [-0.25, -0.2) is 18.4 Å². The number of thiazole rings is 1. The maximum Gasteiger partial charge on any atom is 0.242 e. The van der Waals surface area contributed by atoms with Crippen molar-refractivity contribution < 1.29 is 13.2 Å². The molecule has 1 unspecified atom stereocenters. The molecule has 0 saturated carbocycles. The first-order chi connectivity index (χ1) is 17.9. The van der Waals surface area contributed by atoms with Crippen molar-refractivity contribution in [3.8, 4) is 6.07 Å². The highest BCUT2D eigenvalue weighted by Crippen LogP contribution is 2.33. The molecule has 3 N–H and O–H groups in total. The van der Waals surface area contributed by atoms with Crippen LogP contribution in [0.4, 0.5) is 5.13 Å². The Morgan fingerprint density at radius 2 is 1.89 bits per heavy atom. The van der Waals surface area contributed by atoms with Crippen LogP contribution in [-0.2, 0) is 21.2 Å². The van der Waals surface area contributed by atoms with Crippen molar-refractivity contribution in [2.45, 2.75) is 24.1 Å². The van der Waals surface area contributed by atoms with Crippen LogP contribution in [0.1, 0.15) is 40.2 Å². The fraction of sp³-hybridized carbons (Fsp3) is 0.154. The molecule has 37 heavy (non-hydrogen) atoms. The number of aromatic amines is 1. The second-order valence-electron chi connectivity index (χ2n) is 8.86. The van der Waals surface area contributed by atoms with Gasteiger partial charge >= 0.3 is 0 Å². The molecule has 11 heteroatoms. The first-order valence-corrected chi connectivity index (χ1v) is 13.9. The Kier molecular flexibility index (Phi) is 5.62. The molecule has 3 aromatic carbocycles. The molecule has 1 fully saturated rings. The van der Waals surface area contributed by atoms with Crippen molar-refractivity contribution in [3.05, 3.63) is 89.2 Å². The topological polar surface area (TPSA) is 141 Å². The Bertz CT molecular complexity index is 1770. The average Bonchev–Trinajstić information content (AvgIpc) is 3.57. The summed E-state index contributed by atoms with van der Waals surface area (Å²) < 4.78 is 27.5. The minimum Gasteiger partial charge on any atom is -0.351 e. The summed E-state index contributed by atoms with van der Waals surface area (Å²) in [7, 11) is -3.70. The number of carbonyl (C=O) groups is 1. The molecule has 1 amide bonds. The molecular formula is C26H20N6O3S2. The molecular weight excluding hydrogens is 508 g/mol. The number of nitrogens with zero attached hydrogens (tertiary/aromatic N) is 3. The zero-order valence-corrected chi connectivity index (χ0v) is 20.9. The smallest absolute Gasteiger partial charge is 0.242 e.